The minimum Gasteiger partial charge on any atom is -0.388 e. The van der Waals surface area contributed by atoms with Crippen LogP contribution in [0.4, 0.5) is 0 Å². The second-order valence-corrected chi connectivity index (χ2v) is 3.63. The molecule has 0 aliphatic carbocycles. The summed E-state index contributed by atoms with van der Waals surface area (Å²) < 4.78 is 16.2. The molecule has 0 aromatic heterocycles. The van der Waals surface area contributed by atoms with Gasteiger partial charge in [-0.15, -0.1) is 6.58 Å². The third-order valence-electron chi connectivity index (χ3n) is 2.64. The highest BCUT2D eigenvalue weighted by Crippen LogP contribution is 2.38. The second-order valence-electron chi connectivity index (χ2n) is 3.63. The normalized spacial score (nSPS) is 45.7. The lowest BCUT2D eigenvalue weighted by Crippen LogP contribution is -2.45. The molecule has 80 valence electrons. The molecule has 0 spiro atoms. The molecule has 4 nitrogen and oxygen atoms in total. The summed E-state index contributed by atoms with van der Waals surface area (Å²) in [5, 5.41) is 9.70. The Morgan fingerprint density at radius 3 is 2.86 bits per heavy atom. The van der Waals surface area contributed by atoms with E-state index in [-0.39, 0.29) is 24.6 Å². The summed E-state index contributed by atoms with van der Waals surface area (Å²) in [6, 6.07) is 0. The highest BCUT2D eigenvalue weighted by molar-refractivity contribution is 5.00. The molecule has 0 radical (unpaired) electrons. The molecule has 1 N–H and O–H groups in total. The Morgan fingerprint density at radius 2 is 2.21 bits per heavy atom. The van der Waals surface area contributed by atoms with Crippen molar-refractivity contribution < 1.29 is 19.3 Å². The van der Waals surface area contributed by atoms with E-state index < -0.39 is 6.10 Å². The van der Waals surface area contributed by atoms with Crippen LogP contribution in [0, 0.1) is 0 Å². The molecule has 4 heteroatoms. The molecule has 5 unspecified atom stereocenters. The molecular formula is C10H16O4. The number of hydrogen-bond donors (Lipinski definition) is 1. The molecule has 5 atom stereocenters. The predicted octanol–water partition coefficient (Wildman–Crippen LogP) is 0.452. The van der Waals surface area contributed by atoms with Gasteiger partial charge in [0.15, 0.2) is 6.29 Å². The minimum absolute atomic E-state index is 0.0900. The number of fused-ring (bicyclic) bond motifs is 1. The number of epoxide rings is 1. The molecule has 2 aliphatic rings. The first-order valence-corrected chi connectivity index (χ1v) is 4.99. The van der Waals surface area contributed by atoms with Gasteiger partial charge in [-0.05, 0) is 6.42 Å². The monoisotopic (exact) mass is 200 g/mol. The Kier molecular flexibility index (Phi) is 2.88. The van der Waals surface area contributed by atoms with Gasteiger partial charge in [-0.25, -0.2) is 0 Å². The number of aliphatic hydroxyl groups is 1. The van der Waals surface area contributed by atoms with Crippen LogP contribution in [0.25, 0.3) is 0 Å². The van der Waals surface area contributed by atoms with Crippen molar-refractivity contribution >= 4 is 0 Å². The fraction of sp³-hybridized carbons (Fsp3) is 0.800. The van der Waals surface area contributed by atoms with E-state index in [1.165, 1.54) is 0 Å². The van der Waals surface area contributed by atoms with E-state index in [1.807, 2.05) is 6.92 Å². The van der Waals surface area contributed by atoms with Gasteiger partial charge in [-0.3, -0.25) is 0 Å². The standard InChI is InChI=1S/C10H16O4/c1-3-5-12-10-9-8(14-9)7(11)6(4-2)13-10/h3,6-11H,1,4-5H2,2H3. The zero-order valence-electron chi connectivity index (χ0n) is 8.26. The Balaban J connectivity index is 1.91. The second kappa shape index (κ2) is 3.98. The average Bonchev–Trinajstić information content (AvgIpc) is 2.97. The van der Waals surface area contributed by atoms with E-state index in [0.717, 1.165) is 6.42 Å². The Labute approximate surface area is 83.5 Å². The summed E-state index contributed by atoms with van der Waals surface area (Å²) in [5.74, 6) is 0. The first-order chi connectivity index (χ1) is 6.77. The Hall–Kier alpha value is -0.420. The Bertz CT molecular complexity index is 218. The molecule has 2 fully saturated rings. The van der Waals surface area contributed by atoms with Crippen LogP contribution >= 0.6 is 0 Å². The van der Waals surface area contributed by atoms with Crippen LogP contribution in [0.5, 0.6) is 0 Å². The van der Waals surface area contributed by atoms with Crippen molar-refractivity contribution in [2.24, 2.45) is 0 Å². The van der Waals surface area contributed by atoms with Crippen molar-refractivity contribution in [1.29, 1.82) is 0 Å². The molecule has 2 aliphatic heterocycles. The maximum Gasteiger partial charge on any atom is 0.187 e. The lowest BCUT2D eigenvalue weighted by atomic mass is 10.0. The van der Waals surface area contributed by atoms with E-state index in [4.69, 9.17) is 14.2 Å². The summed E-state index contributed by atoms with van der Waals surface area (Å²) in [6.45, 7) is 5.99. The van der Waals surface area contributed by atoms with Crippen molar-refractivity contribution in [3.8, 4) is 0 Å². The van der Waals surface area contributed by atoms with Crippen molar-refractivity contribution in [3.63, 3.8) is 0 Å². The van der Waals surface area contributed by atoms with Gasteiger partial charge >= 0.3 is 0 Å². The van der Waals surface area contributed by atoms with E-state index in [9.17, 15) is 5.11 Å². The predicted molar refractivity (Wildman–Crippen MR) is 49.8 cm³/mol. The topological polar surface area (TPSA) is 51.2 Å². The maximum atomic E-state index is 9.70. The van der Waals surface area contributed by atoms with Gasteiger partial charge in [0.25, 0.3) is 0 Å². The van der Waals surface area contributed by atoms with Crippen molar-refractivity contribution in [2.45, 2.75) is 44.1 Å². The van der Waals surface area contributed by atoms with Crippen LogP contribution in [0.1, 0.15) is 13.3 Å². The van der Waals surface area contributed by atoms with Gasteiger partial charge in [0.2, 0.25) is 0 Å². The summed E-state index contributed by atoms with van der Waals surface area (Å²) in [7, 11) is 0. The molecule has 0 aromatic carbocycles. The molecule has 2 saturated heterocycles. The third kappa shape index (κ3) is 1.70. The molecule has 0 aromatic rings. The fourth-order valence-electron chi connectivity index (χ4n) is 1.81. The zero-order valence-corrected chi connectivity index (χ0v) is 8.26. The highest BCUT2D eigenvalue weighted by atomic mass is 16.7. The van der Waals surface area contributed by atoms with Crippen LogP contribution in [0.15, 0.2) is 12.7 Å². The number of aliphatic hydroxyl groups excluding tert-OH is 1. The molecule has 0 bridgehead atoms. The maximum absolute atomic E-state index is 9.70. The molecule has 2 rings (SSSR count). The van der Waals surface area contributed by atoms with Crippen molar-refractivity contribution in [2.75, 3.05) is 6.61 Å². The largest absolute Gasteiger partial charge is 0.388 e. The number of ether oxygens (including phenoxy) is 3. The van der Waals surface area contributed by atoms with Gasteiger partial charge in [0.1, 0.15) is 18.3 Å². The Morgan fingerprint density at radius 1 is 1.43 bits per heavy atom. The van der Waals surface area contributed by atoms with Crippen molar-refractivity contribution in [3.05, 3.63) is 12.7 Å². The summed E-state index contributed by atoms with van der Waals surface area (Å²) in [5.41, 5.74) is 0. The third-order valence-corrected chi connectivity index (χ3v) is 2.64. The summed E-state index contributed by atoms with van der Waals surface area (Å²) >= 11 is 0. The van der Waals surface area contributed by atoms with Gasteiger partial charge in [-0.1, -0.05) is 13.0 Å². The van der Waals surface area contributed by atoms with E-state index >= 15 is 0 Å². The first kappa shape index (κ1) is 10.1. The quantitative estimate of drug-likeness (QED) is 0.529. The van der Waals surface area contributed by atoms with E-state index in [1.54, 1.807) is 6.08 Å². The van der Waals surface area contributed by atoms with Gasteiger partial charge in [-0.2, -0.15) is 0 Å². The van der Waals surface area contributed by atoms with Crippen molar-refractivity contribution in [1.82, 2.24) is 0 Å². The zero-order chi connectivity index (χ0) is 10.1. The molecule has 14 heavy (non-hydrogen) atoms. The SMILES string of the molecule is C=CCOC1OC(CC)C(O)C2OC12. The number of hydrogen-bond acceptors (Lipinski definition) is 4. The molecule has 0 saturated carbocycles. The molecular weight excluding hydrogens is 184 g/mol. The lowest BCUT2D eigenvalue weighted by molar-refractivity contribution is -0.206. The summed E-state index contributed by atoms with van der Waals surface area (Å²) in [6.07, 6.45) is 1.23. The van der Waals surface area contributed by atoms with Crippen LogP contribution in [0.2, 0.25) is 0 Å². The van der Waals surface area contributed by atoms with Crippen LogP contribution in [-0.2, 0) is 14.2 Å². The molecule has 0 amide bonds. The van der Waals surface area contributed by atoms with Crippen LogP contribution in [0.3, 0.4) is 0 Å². The smallest absolute Gasteiger partial charge is 0.187 e. The van der Waals surface area contributed by atoms with Gasteiger partial charge in [0.05, 0.1) is 12.7 Å². The fourth-order valence-corrected chi connectivity index (χ4v) is 1.81. The minimum atomic E-state index is -0.506. The van der Waals surface area contributed by atoms with Gasteiger partial charge < -0.3 is 19.3 Å². The lowest BCUT2D eigenvalue weighted by Gasteiger charge is -2.29. The molecule has 2 heterocycles. The van der Waals surface area contributed by atoms with Gasteiger partial charge in [0, 0.05) is 0 Å². The number of rotatable bonds is 4. The van der Waals surface area contributed by atoms with Crippen LogP contribution < -0.4 is 0 Å². The van der Waals surface area contributed by atoms with Crippen LogP contribution in [-0.4, -0.2) is 42.4 Å². The highest BCUT2D eigenvalue weighted by Gasteiger charge is 2.57. The average molecular weight is 200 g/mol. The summed E-state index contributed by atoms with van der Waals surface area (Å²) in [4.78, 5) is 0. The van der Waals surface area contributed by atoms with E-state index in [2.05, 4.69) is 6.58 Å². The first-order valence-electron chi connectivity index (χ1n) is 4.99. The van der Waals surface area contributed by atoms with E-state index in [0.29, 0.717) is 6.61 Å².